The number of nitrogens with zero attached hydrogens (tertiary/aromatic N) is 2. The fourth-order valence-electron chi connectivity index (χ4n) is 4.41. The molecule has 2 N–H and O–H groups in total. The number of para-hydroxylation sites is 1. The minimum atomic E-state index is -4.04. The van der Waals surface area contributed by atoms with Crippen molar-refractivity contribution < 1.29 is 27.1 Å². The number of ether oxygens (including phenoxy) is 1. The van der Waals surface area contributed by atoms with Gasteiger partial charge < -0.3 is 10.1 Å². The number of hydrogen-bond acceptors (Lipinski definition) is 6. The first-order valence-electron chi connectivity index (χ1n) is 14.1. The van der Waals surface area contributed by atoms with E-state index < -0.39 is 27.7 Å². The molecule has 232 valence electrons. The van der Waals surface area contributed by atoms with Gasteiger partial charge >= 0.3 is 0 Å². The van der Waals surface area contributed by atoms with E-state index in [0.29, 0.717) is 17.0 Å². The van der Waals surface area contributed by atoms with Crippen LogP contribution in [0.15, 0.2) is 143 Å². The van der Waals surface area contributed by atoms with Crippen LogP contribution in [0.25, 0.3) is 0 Å². The normalized spacial score (nSPS) is 11.2. The third-order valence-corrected chi connectivity index (χ3v) is 8.45. The molecule has 0 fully saturated rings. The van der Waals surface area contributed by atoms with Gasteiger partial charge in [0.25, 0.3) is 21.8 Å². The predicted octanol–water partition coefficient (Wildman–Crippen LogP) is 6.00. The van der Waals surface area contributed by atoms with Gasteiger partial charge in [-0.1, -0.05) is 60.7 Å². The van der Waals surface area contributed by atoms with Crippen molar-refractivity contribution in [1.29, 1.82) is 0 Å². The fourth-order valence-corrected chi connectivity index (χ4v) is 5.90. The standard InChI is InChI=1S/C35H29FN4O5S/c36-28-17-19-29(20-18-28)38-34(41)25-45-30-21-15-26(16-22-30)23-37-39-35(42)32-13-7-8-14-33(32)40(24-27-9-3-1-4-10-27)46(43,44)31-11-5-2-6-12-31/h1-23H,24-25H2,(H,38,41)(H,39,42)/b37-23-. The lowest BCUT2D eigenvalue weighted by molar-refractivity contribution is -0.118. The Balaban J connectivity index is 1.25. The van der Waals surface area contributed by atoms with Gasteiger partial charge in [-0.3, -0.25) is 13.9 Å². The zero-order valence-corrected chi connectivity index (χ0v) is 25.2. The molecule has 5 rings (SSSR count). The maximum absolute atomic E-state index is 13.8. The number of carbonyl (C=O) groups excluding carboxylic acids is 2. The maximum Gasteiger partial charge on any atom is 0.273 e. The van der Waals surface area contributed by atoms with Crippen LogP contribution in [-0.4, -0.2) is 33.1 Å². The Kier molecular flexibility index (Phi) is 10.2. The molecule has 5 aromatic rings. The molecule has 2 amide bonds. The molecule has 0 aliphatic heterocycles. The van der Waals surface area contributed by atoms with Crippen molar-refractivity contribution in [2.45, 2.75) is 11.4 Å². The molecule has 0 saturated carbocycles. The highest BCUT2D eigenvalue weighted by molar-refractivity contribution is 7.92. The molecule has 0 heterocycles. The average Bonchev–Trinajstić information content (AvgIpc) is 3.08. The van der Waals surface area contributed by atoms with Crippen molar-refractivity contribution in [3.8, 4) is 5.75 Å². The van der Waals surface area contributed by atoms with Gasteiger partial charge in [0.15, 0.2) is 6.61 Å². The summed E-state index contributed by atoms with van der Waals surface area (Å²) in [5.41, 5.74) is 4.64. The second kappa shape index (κ2) is 14.8. The van der Waals surface area contributed by atoms with E-state index in [-0.39, 0.29) is 29.3 Å². The Labute approximate surface area is 266 Å². The third kappa shape index (κ3) is 8.21. The van der Waals surface area contributed by atoms with Gasteiger partial charge in [-0.15, -0.1) is 0 Å². The molecule has 0 radical (unpaired) electrons. The first kappa shape index (κ1) is 31.6. The van der Waals surface area contributed by atoms with Gasteiger partial charge in [0.2, 0.25) is 0 Å². The van der Waals surface area contributed by atoms with Crippen molar-refractivity contribution in [3.63, 3.8) is 0 Å². The van der Waals surface area contributed by atoms with E-state index in [1.807, 2.05) is 30.3 Å². The van der Waals surface area contributed by atoms with Crippen LogP contribution in [0.3, 0.4) is 0 Å². The number of nitrogens with one attached hydrogen (secondary N) is 2. The van der Waals surface area contributed by atoms with Crippen LogP contribution in [-0.2, 0) is 21.4 Å². The number of carbonyl (C=O) groups is 2. The predicted molar refractivity (Wildman–Crippen MR) is 175 cm³/mol. The lowest BCUT2D eigenvalue weighted by Crippen LogP contribution is -2.33. The highest BCUT2D eigenvalue weighted by Gasteiger charge is 2.28. The van der Waals surface area contributed by atoms with E-state index in [4.69, 9.17) is 4.74 Å². The van der Waals surface area contributed by atoms with Crippen molar-refractivity contribution >= 4 is 39.4 Å². The van der Waals surface area contributed by atoms with Gasteiger partial charge in [0.05, 0.1) is 28.9 Å². The zero-order valence-electron chi connectivity index (χ0n) is 24.4. The van der Waals surface area contributed by atoms with E-state index in [0.717, 1.165) is 5.56 Å². The molecule has 0 bridgehead atoms. The van der Waals surface area contributed by atoms with Crippen molar-refractivity contribution in [3.05, 3.63) is 156 Å². The summed E-state index contributed by atoms with van der Waals surface area (Å²) in [5.74, 6) is -0.969. The summed E-state index contributed by atoms with van der Waals surface area (Å²) in [6, 6.07) is 35.7. The van der Waals surface area contributed by atoms with Crippen LogP contribution in [0.2, 0.25) is 0 Å². The number of halogens is 1. The highest BCUT2D eigenvalue weighted by Crippen LogP contribution is 2.29. The zero-order chi connectivity index (χ0) is 32.4. The highest BCUT2D eigenvalue weighted by atomic mass is 32.2. The van der Waals surface area contributed by atoms with Crippen LogP contribution in [0.1, 0.15) is 21.5 Å². The number of hydrazone groups is 1. The summed E-state index contributed by atoms with van der Waals surface area (Å²) in [6.45, 7) is -0.241. The molecule has 0 aliphatic rings. The molecule has 0 unspecified atom stereocenters. The SMILES string of the molecule is O=C(COc1ccc(/C=N\NC(=O)c2ccccc2N(Cc2ccccc2)S(=O)(=O)c2ccccc2)cc1)Nc1ccc(F)cc1. The minimum absolute atomic E-state index is 0.00788. The molecule has 9 nitrogen and oxygen atoms in total. The van der Waals surface area contributed by atoms with E-state index in [1.165, 1.54) is 53.0 Å². The number of sulfonamides is 1. The quantitative estimate of drug-likeness (QED) is 0.129. The van der Waals surface area contributed by atoms with Gasteiger partial charge in [-0.05, 0) is 83.9 Å². The summed E-state index contributed by atoms with van der Waals surface area (Å²) in [5, 5.41) is 6.67. The van der Waals surface area contributed by atoms with Crippen LogP contribution in [0.4, 0.5) is 15.8 Å². The summed E-state index contributed by atoms with van der Waals surface area (Å²) in [7, 11) is -4.04. The Morgan fingerprint density at radius 3 is 2.11 bits per heavy atom. The van der Waals surface area contributed by atoms with Crippen LogP contribution in [0, 0.1) is 5.82 Å². The number of amides is 2. The van der Waals surface area contributed by atoms with E-state index >= 15 is 0 Å². The smallest absolute Gasteiger partial charge is 0.273 e. The first-order chi connectivity index (χ1) is 22.3. The molecular formula is C35H29FN4O5S. The molecule has 0 aromatic heterocycles. The molecular weight excluding hydrogens is 607 g/mol. The third-order valence-electron chi connectivity index (χ3n) is 6.68. The van der Waals surface area contributed by atoms with E-state index in [2.05, 4.69) is 15.8 Å². The Bertz CT molecular complexity index is 1920. The van der Waals surface area contributed by atoms with Crippen molar-refractivity contribution in [1.82, 2.24) is 5.43 Å². The number of hydrogen-bond donors (Lipinski definition) is 2. The molecule has 0 spiro atoms. The second-order valence-corrected chi connectivity index (χ2v) is 11.8. The van der Waals surface area contributed by atoms with E-state index in [1.54, 1.807) is 60.7 Å². The van der Waals surface area contributed by atoms with Crippen molar-refractivity contribution in [2.75, 3.05) is 16.2 Å². The Morgan fingerprint density at radius 2 is 1.41 bits per heavy atom. The number of benzene rings is 5. The molecule has 0 saturated heterocycles. The largest absolute Gasteiger partial charge is 0.484 e. The Hall–Kier alpha value is -5.81. The molecule has 0 atom stereocenters. The summed E-state index contributed by atoms with van der Waals surface area (Å²) in [4.78, 5) is 25.5. The van der Waals surface area contributed by atoms with Gasteiger partial charge in [-0.25, -0.2) is 18.2 Å². The van der Waals surface area contributed by atoms with Crippen LogP contribution in [0.5, 0.6) is 5.75 Å². The van der Waals surface area contributed by atoms with Crippen molar-refractivity contribution in [2.24, 2.45) is 5.10 Å². The lowest BCUT2D eigenvalue weighted by atomic mass is 10.1. The maximum atomic E-state index is 13.8. The minimum Gasteiger partial charge on any atom is -0.484 e. The Morgan fingerprint density at radius 1 is 0.783 bits per heavy atom. The topological polar surface area (TPSA) is 117 Å². The monoisotopic (exact) mass is 636 g/mol. The average molecular weight is 637 g/mol. The van der Waals surface area contributed by atoms with Gasteiger partial charge in [0.1, 0.15) is 11.6 Å². The summed E-state index contributed by atoms with van der Waals surface area (Å²) in [6.07, 6.45) is 1.42. The lowest BCUT2D eigenvalue weighted by Gasteiger charge is -2.26. The number of anilines is 2. The molecule has 46 heavy (non-hydrogen) atoms. The van der Waals surface area contributed by atoms with E-state index in [9.17, 15) is 22.4 Å². The second-order valence-electron chi connectivity index (χ2n) is 9.94. The fraction of sp³-hybridized carbons (Fsp3) is 0.0571. The van der Waals surface area contributed by atoms with Gasteiger partial charge in [-0.2, -0.15) is 5.10 Å². The number of rotatable bonds is 12. The van der Waals surface area contributed by atoms with Gasteiger partial charge in [0, 0.05) is 5.69 Å². The summed E-state index contributed by atoms with van der Waals surface area (Å²) < 4.78 is 47.4. The molecule has 11 heteroatoms. The van der Waals surface area contributed by atoms with Crippen LogP contribution < -0.4 is 19.8 Å². The van der Waals surface area contributed by atoms with Crippen LogP contribution >= 0.6 is 0 Å². The molecule has 0 aliphatic carbocycles. The molecule has 5 aromatic carbocycles. The summed E-state index contributed by atoms with van der Waals surface area (Å²) >= 11 is 0. The first-order valence-corrected chi connectivity index (χ1v) is 15.6.